The van der Waals surface area contributed by atoms with E-state index in [2.05, 4.69) is 6.92 Å². The molecule has 0 bridgehead atoms. The van der Waals surface area contributed by atoms with Crippen LogP contribution in [0.4, 0.5) is 0 Å². The number of nitrogens with zero attached hydrogens (tertiary/aromatic N) is 2. The van der Waals surface area contributed by atoms with Gasteiger partial charge in [-0.25, -0.2) is 9.79 Å². The molecule has 0 aliphatic carbocycles. The highest BCUT2D eigenvalue weighted by Crippen LogP contribution is 2.41. The minimum absolute atomic E-state index is 0.189. The zero-order valence-corrected chi connectivity index (χ0v) is 26.0. The highest BCUT2D eigenvalue weighted by atomic mass is 32.1. The van der Waals surface area contributed by atoms with E-state index in [1.165, 1.54) is 11.3 Å². The Morgan fingerprint density at radius 2 is 1.77 bits per heavy atom. The van der Waals surface area contributed by atoms with E-state index < -0.39 is 12.0 Å². The highest BCUT2D eigenvalue weighted by molar-refractivity contribution is 7.07. The largest absolute Gasteiger partial charge is 0.493 e. The van der Waals surface area contributed by atoms with Crippen LogP contribution in [0.1, 0.15) is 57.7 Å². The van der Waals surface area contributed by atoms with Gasteiger partial charge in [0.15, 0.2) is 16.3 Å². The van der Waals surface area contributed by atoms with Crippen LogP contribution in [-0.2, 0) is 9.53 Å². The monoisotopic (exact) mass is 600 g/mol. The van der Waals surface area contributed by atoms with Gasteiger partial charge >= 0.3 is 5.97 Å². The van der Waals surface area contributed by atoms with E-state index in [0.717, 1.165) is 34.9 Å². The van der Waals surface area contributed by atoms with E-state index in [4.69, 9.17) is 23.9 Å². The molecule has 0 saturated heterocycles. The summed E-state index contributed by atoms with van der Waals surface area (Å²) in [7, 11) is 1.56. The molecule has 4 aromatic rings. The van der Waals surface area contributed by atoms with Gasteiger partial charge in [-0.1, -0.05) is 67.1 Å². The van der Waals surface area contributed by atoms with Gasteiger partial charge in [-0.2, -0.15) is 0 Å². The number of aromatic nitrogens is 1. The van der Waals surface area contributed by atoms with Crippen molar-refractivity contribution < 1.29 is 23.7 Å². The van der Waals surface area contributed by atoms with Crippen LogP contribution < -0.4 is 29.1 Å². The standard InChI is InChI=1S/C34H36N2O6S/c1-6-9-19-42-26-18-17-22(23-13-10-11-14-24(23)26)20-28-32(37)36-30(25-15-12-16-27(39-5)31(25)40-7-2)29(33(38)41-8-3)21(4)35-34(36)43-28/h10-18,20,30H,6-9,19H2,1-5H3/b28-20+/t30-/m0/s1. The molecule has 0 amide bonds. The van der Waals surface area contributed by atoms with Gasteiger partial charge in [-0.3, -0.25) is 9.36 Å². The fourth-order valence-electron chi connectivity index (χ4n) is 5.31. The zero-order chi connectivity index (χ0) is 30.5. The third kappa shape index (κ3) is 5.82. The first-order valence-electron chi connectivity index (χ1n) is 14.6. The van der Waals surface area contributed by atoms with Gasteiger partial charge in [-0.15, -0.1) is 0 Å². The van der Waals surface area contributed by atoms with Crippen molar-refractivity contribution in [1.29, 1.82) is 0 Å². The number of carbonyl (C=O) groups excluding carboxylic acids is 1. The molecule has 5 rings (SSSR count). The summed E-state index contributed by atoms with van der Waals surface area (Å²) in [5.41, 5.74) is 2.01. The van der Waals surface area contributed by atoms with Crippen LogP contribution in [0.3, 0.4) is 0 Å². The van der Waals surface area contributed by atoms with Crippen molar-refractivity contribution in [2.75, 3.05) is 26.9 Å². The summed E-state index contributed by atoms with van der Waals surface area (Å²) < 4.78 is 25.2. The van der Waals surface area contributed by atoms with Gasteiger partial charge in [0.1, 0.15) is 11.8 Å². The quantitative estimate of drug-likeness (QED) is 0.166. The summed E-state index contributed by atoms with van der Waals surface area (Å²) >= 11 is 1.28. The maximum Gasteiger partial charge on any atom is 0.338 e. The van der Waals surface area contributed by atoms with Crippen LogP contribution >= 0.6 is 11.3 Å². The number of unbranched alkanes of at least 4 members (excludes halogenated alkanes) is 1. The summed E-state index contributed by atoms with van der Waals surface area (Å²) in [6.45, 7) is 8.73. The number of para-hydroxylation sites is 1. The van der Waals surface area contributed by atoms with Crippen LogP contribution in [0.25, 0.3) is 16.8 Å². The maximum absolute atomic E-state index is 14.2. The second-order valence-corrected chi connectivity index (χ2v) is 11.0. The summed E-state index contributed by atoms with van der Waals surface area (Å²) in [6.07, 6.45) is 3.91. The van der Waals surface area contributed by atoms with Crippen molar-refractivity contribution in [3.8, 4) is 17.2 Å². The average molecular weight is 601 g/mol. The van der Waals surface area contributed by atoms with E-state index in [1.807, 2.05) is 61.5 Å². The second kappa shape index (κ2) is 13.3. The third-order valence-electron chi connectivity index (χ3n) is 7.29. The lowest BCUT2D eigenvalue weighted by Crippen LogP contribution is -2.40. The molecule has 9 heteroatoms. The smallest absolute Gasteiger partial charge is 0.338 e. The van der Waals surface area contributed by atoms with Gasteiger partial charge in [0, 0.05) is 10.9 Å². The number of methoxy groups -OCH3 is 1. The number of ether oxygens (including phenoxy) is 4. The van der Waals surface area contributed by atoms with Gasteiger partial charge in [-0.05, 0) is 56.4 Å². The Bertz CT molecular complexity index is 1870. The lowest BCUT2D eigenvalue weighted by atomic mass is 9.94. The number of thiazole rings is 1. The predicted molar refractivity (Wildman–Crippen MR) is 169 cm³/mol. The number of hydrogen-bond donors (Lipinski definition) is 0. The normalized spacial score (nSPS) is 14.8. The maximum atomic E-state index is 14.2. The lowest BCUT2D eigenvalue weighted by molar-refractivity contribution is -0.139. The molecule has 8 nitrogen and oxygen atoms in total. The summed E-state index contributed by atoms with van der Waals surface area (Å²) in [5.74, 6) is 1.26. The summed E-state index contributed by atoms with van der Waals surface area (Å²) in [6, 6.07) is 16.6. The molecule has 1 aromatic heterocycles. The number of allylic oxidation sites excluding steroid dienone is 1. The van der Waals surface area contributed by atoms with Crippen LogP contribution in [0.5, 0.6) is 17.2 Å². The number of esters is 1. The van der Waals surface area contributed by atoms with Crippen molar-refractivity contribution in [3.05, 3.63) is 96.7 Å². The van der Waals surface area contributed by atoms with Crippen molar-refractivity contribution >= 4 is 34.2 Å². The molecule has 0 radical (unpaired) electrons. The molecular formula is C34H36N2O6S. The lowest BCUT2D eigenvalue weighted by Gasteiger charge is -2.26. The van der Waals surface area contributed by atoms with Crippen molar-refractivity contribution in [2.45, 2.75) is 46.6 Å². The van der Waals surface area contributed by atoms with Crippen LogP contribution in [0.15, 0.2) is 75.7 Å². The summed E-state index contributed by atoms with van der Waals surface area (Å²) in [4.78, 5) is 32.8. The number of hydrogen-bond acceptors (Lipinski definition) is 8. The van der Waals surface area contributed by atoms with Crippen molar-refractivity contribution in [3.63, 3.8) is 0 Å². The molecule has 0 spiro atoms. The van der Waals surface area contributed by atoms with Gasteiger partial charge in [0.05, 0.1) is 42.7 Å². The highest BCUT2D eigenvalue weighted by Gasteiger charge is 2.36. The molecule has 1 atom stereocenters. The van der Waals surface area contributed by atoms with E-state index in [1.54, 1.807) is 31.6 Å². The van der Waals surface area contributed by atoms with E-state index >= 15 is 0 Å². The molecule has 2 heterocycles. The Morgan fingerprint density at radius 3 is 2.49 bits per heavy atom. The molecule has 0 unspecified atom stereocenters. The molecule has 0 saturated carbocycles. The topological polar surface area (TPSA) is 88.3 Å². The minimum atomic E-state index is -0.819. The number of carbonyl (C=O) groups is 1. The summed E-state index contributed by atoms with van der Waals surface area (Å²) in [5, 5.41) is 1.96. The number of rotatable bonds is 11. The van der Waals surface area contributed by atoms with Crippen LogP contribution in [0, 0.1) is 0 Å². The van der Waals surface area contributed by atoms with E-state index in [0.29, 0.717) is 45.3 Å². The molecule has 0 fully saturated rings. The number of fused-ring (bicyclic) bond motifs is 2. The molecular weight excluding hydrogens is 564 g/mol. The van der Waals surface area contributed by atoms with Gasteiger partial charge in [0.2, 0.25) is 0 Å². The fraction of sp³-hybridized carbons (Fsp3) is 0.324. The SMILES string of the molecule is CCCCOc1ccc(/C=c2/sc3n(c2=O)[C@@H](c2cccc(OC)c2OCC)C(C(=O)OCC)=C(C)N=3)c2ccccc12. The molecule has 43 heavy (non-hydrogen) atoms. The first-order valence-corrected chi connectivity index (χ1v) is 15.4. The Hall–Kier alpha value is -4.37. The second-order valence-electron chi connectivity index (χ2n) is 10.0. The van der Waals surface area contributed by atoms with Gasteiger partial charge in [0.25, 0.3) is 5.56 Å². The first-order chi connectivity index (χ1) is 20.9. The fourth-order valence-corrected chi connectivity index (χ4v) is 6.35. The zero-order valence-electron chi connectivity index (χ0n) is 25.1. The van der Waals surface area contributed by atoms with Gasteiger partial charge < -0.3 is 18.9 Å². The average Bonchev–Trinajstić information content (AvgIpc) is 3.31. The molecule has 3 aromatic carbocycles. The number of benzene rings is 3. The molecule has 1 aliphatic heterocycles. The Labute approximate surface area is 254 Å². The minimum Gasteiger partial charge on any atom is -0.493 e. The Balaban J connectivity index is 1.72. The molecule has 1 aliphatic rings. The van der Waals surface area contributed by atoms with Crippen molar-refractivity contribution in [1.82, 2.24) is 4.57 Å². The molecule has 0 N–H and O–H groups in total. The van der Waals surface area contributed by atoms with E-state index in [9.17, 15) is 9.59 Å². The first kappa shape index (κ1) is 30.1. The van der Waals surface area contributed by atoms with Crippen LogP contribution in [-0.4, -0.2) is 37.5 Å². The Kier molecular flexibility index (Phi) is 9.31. The predicted octanol–water partition coefficient (Wildman–Crippen LogP) is 5.54. The van der Waals surface area contributed by atoms with E-state index in [-0.39, 0.29) is 17.7 Å². The Morgan fingerprint density at radius 1 is 0.977 bits per heavy atom. The van der Waals surface area contributed by atoms with Crippen molar-refractivity contribution in [2.24, 2.45) is 4.99 Å². The third-order valence-corrected chi connectivity index (χ3v) is 8.27. The van der Waals surface area contributed by atoms with Crippen LogP contribution in [0.2, 0.25) is 0 Å². The molecule has 224 valence electrons.